The van der Waals surface area contributed by atoms with E-state index in [0.717, 1.165) is 12.1 Å². The maximum Gasteiger partial charge on any atom is 0.291 e. The van der Waals surface area contributed by atoms with E-state index >= 15 is 0 Å². The minimum absolute atomic E-state index is 0.00746. The van der Waals surface area contributed by atoms with E-state index in [1.165, 1.54) is 35.2 Å². The van der Waals surface area contributed by atoms with E-state index in [1.807, 2.05) is 0 Å². The fourth-order valence-corrected chi connectivity index (χ4v) is 4.29. The van der Waals surface area contributed by atoms with Crippen LogP contribution in [0.2, 0.25) is 5.02 Å². The molecule has 5 rings (SSSR count). The zero-order valence-electron chi connectivity index (χ0n) is 16.8. The molecule has 164 valence electrons. The standard InChI is InChI=1S/C24H14ClFN2O5/c25-18-4-2-1-3-14(18)12-27-21(13-5-8-16(9-6-13)28(31)32)20-22(29)17-11-15(26)7-10-19(17)33-23(20)24(27)30/h1-11,21H,12H2. The first-order chi connectivity index (χ1) is 15.8. The number of amides is 1. The molecule has 3 aromatic carbocycles. The lowest BCUT2D eigenvalue weighted by molar-refractivity contribution is -0.384. The van der Waals surface area contributed by atoms with Gasteiger partial charge in [0, 0.05) is 23.7 Å². The van der Waals surface area contributed by atoms with E-state index in [1.54, 1.807) is 24.3 Å². The Morgan fingerprint density at radius 1 is 1.06 bits per heavy atom. The van der Waals surface area contributed by atoms with Crippen LogP contribution in [0.15, 0.2) is 75.9 Å². The van der Waals surface area contributed by atoms with Gasteiger partial charge in [0.25, 0.3) is 11.6 Å². The van der Waals surface area contributed by atoms with Gasteiger partial charge in [-0.2, -0.15) is 0 Å². The van der Waals surface area contributed by atoms with Gasteiger partial charge in [-0.05, 0) is 47.5 Å². The number of hydrogen-bond acceptors (Lipinski definition) is 5. The Hall–Kier alpha value is -4.04. The first kappa shape index (κ1) is 20.8. The highest BCUT2D eigenvalue weighted by atomic mass is 35.5. The molecule has 0 spiro atoms. The van der Waals surface area contributed by atoms with Crippen LogP contribution >= 0.6 is 11.6 Å². The topological polar surface area (TPSA) is 93.7 Å². The SMILES string of the molecule is O=C1c2oc3ccc(F)cc3c(=O)c2C(c2ccc([N+](=O)[O-])cc2)N1Cc1ccccc1Cl. The van der Waals surface area contributed by atoms with Crippen molar-refractivity contribution >= 4 is 34.2 Å². The molecular weight excluding hydrogens is 451 g/mol. The van der Waals surface area contributed by atoms with Gasteiger partial charge in [0.2, 0.25) is 5.76 Å². The number of fused-ring (bicyclic) bond motifs is 2. The Labute approximate surface area is 190 Å². The molecular formula is C24H14ClFN2O5. The fraction of sp³-hybridized carbons (Fsp3) is 0.0833. The van der Waals surface area contributed by atoms with E-state index in [0.29, 0.717) is 16.1 Å². The molecule has 0 N–H and O–H groups in total. The highest BCUT2D eigenvalue weighted by molar-refractivity contribution is 6.31. The summed E-state index contributed by atoms with van der Waals surface area (Å²) >= 11 is 6.31. The number of carbonyl (C=O) groups is 1. The number of non-ortho nitro benzene ring substituents is 1. The molecule has 1 aromatic heterocycles. The van der Waals surface area contributed by atoms with Crippen molar-refractivity contribution in [3.8, 4) is 0 Å². The van der Waals surface area contributed by atoms with Crippen LogP contribution in [-0.2, 0) is 6.54 Å². The van der Waals surface area contributed by atoms with Crippen molar-refractivity contribution < 1.29 is 18.5 Å². The van der Waals surface area contributed by atoms with Gasteiger partial charge in [-0.3, -0.25) is 19.7 Å². The van der Waals surface area contributed by atoms with Gasteiger partial charge in [0.15, 0.2) is 5.43 Å². The van der Waals surface area contributed by atoms with Crippen LogP contribution in [0.25, 0.3) is 11.0 Å². The summed E-state index contributed by atoms with van der Waals surface area (Å²) in [5.41, 5.74) is 0.602. The van der Waals surface area contributed by atoms with Crippen molar-refractivity contribution in [1.29, 1.82) is 0 Å². The average Bonchev–Trinajstić information content (AvgIpc) is 3.08. The second kappa shape index (κ2) is 7.83. The summed E-state index contributed by atoms with van der Waals surface area (Å²) in [5, 5.41) is 11.5. The lowest BCUT2D eigenvalue weighted by Gasteiger charge is -2.25. The molecule has 1 aliphatic rings. The molecule has 2 heterocycles. The van der Waals surface area contributed by atoms with Crippen molar-refractivity contribution in [2.45, 2.75) is 12.6 Å². The van der Waals surface area contributed by atoms with Gasteiger partial charge in [0.1, 0.15) is 11.4 Å². The lowest BCUT2D eigenvalue weighted by atomic mass is 9.98. The predicted molar refractivity (Wildman–Crippen MR) is 119 cm³/mol. The first-order valence-electron chi connectivity index (χ1n) is 9.90. The molecule has 1 amide bonds. The Bertz CT molecular complexity index is 1500. The molecule has 1 unspecified atom stereocenters. The number of nitro groups is 1. The van der Waals surface area contributed by atoms with Crippen LogP contribution in [0.1, 0.15) is 33.3 Å². The molecule has 0 aliphatic carbocycles. The lowest BCUT2D eigenvalue weighted by Crippen LogP contribution is -2.29. The highest BCUT2D eigenvalue weighted by Crippen LogP contribution is 2.40. The number of carbonyl (C=O) groups excluding carboxylic acids is 1. The van der Waals surface area contributed by atoms with E-state index in [4.69, 9.17) is 16.0 Å². The van der Waals surface area contributed by atoms with Crippen LogP contribution in [0, 0.1) is 15.9 Å². The largest absolute Gasteiger partial charge is 0.450 e. The summed E-state index contributed by atoms with van der Waals surface area (Å²) in [7, 11) is 0. The van der Waals surface area contributed by atoms with Crippen LogP contribution < -0.4 is 5.43 Å². The third-order valence-corrected chi connectivity index (χ3v) is 6.01. The van der Waals surface area contributed by atoms with Crippen molar-refractivity contribution in [2.75, 3.05) is 0 Å². The first-order valence-corrected chi connectivity index (χ1v) is 10.3. The van der Waals surface area contributed by atoms with Gasteiger partial charge in [-0.1, -0.05) is 29.8 Å². The fourth-order valence-electron chi connectivity index (χ4n) is 4.09. The molecule has 1 atom stereocenters. The Morgan fingerprint density at radius 2 is 1.79 bits per heavy atom. The van der Waals surface area contributed by atoms with Gasteiger partial charge in [0.05, 0.1) is 21.9 Å². The second-order valence-corrected chi connectivity index (χ2v) is 8.00. The summed E-state index contributed by atoms with van der Waals surface area (Å²) in [5.74, 6) is -1.29. The smallest absolute Gasteiger partial charge is 0.291 e. The van der Waals surface area contributed by atoms with Gasteiger partial charge in [-0.15, -0.1) is 0 Å². The number of hydrogen-bond donors (Lipinski definition) is 0. The molecule has 0 saturated heterocycles. The molecule has 4 aromatic rings. The molecule has 33 heavy (non-hydrogen) atoms. The van der Waals surface area contributed by atoms with Gasteiger partial charge >= 0.3 is 0 Å². The predicted octanol–water partition coefficient (Wildman–Crippen LogP) is 5.24. The second-order valence-electron chi connectivity index (χ2n) is 7.59. The van der Waals surface area contributed by atoms with Crippen molar-refractivity contribution in [2.24, 2.45) is 0 Å². The molecule has 0 fully saturated rings. The molecule has 0 radical (unpaired) electrons. The summed E-state index contributed by atoms with van der Waals surface area (Å²) in [6.07, 6.45) is 0. The average molecular weight is 465 g/mol. The molecule has 1 aliphatic heterocycles. The van der Waals surface area contributed by atoms with Crippen LogP contribution in [0.3, 0.4) is 0 Å². The molecule has 7 nitrogen and oxygen atoms in total. The molecule has 9 heteroatoms. The maximum atomic E-state index is 13.9. The third kappa shape index (κ3) is 3.44. The van der Waals surface area contributed by atoms with E-state index in [-0.39, 0.29) is 34.5 Å². The van der Waals surface area contributed by atoms with Crippen LogP contribution in [0.4, 0.5) is 10.1 Å². The van der Waals surface area contributed by atoms with Crippen molar-refractivity contribution in [1.82, 2.24) is 4.90 Å². The quantitative estimate of drug-likeness (QED) is 0.304. The van der Waals surface area contributed by atoms with E-state index in [2.05, 4.69) is 0 Å². The number of nitrogens with zero attached hydrogens (tertiary/aromatic N) is 2. The summed E-state index contributed by atoms with van der Waals surface area (Å²) in [4.78, 5) is 38.8. The van der Waals surface area contributed by atoms with E-state index in [9.17, 15) is 24.1 Å². The zero-order chi connectivity index (χ0) is 23.3. The van der Waals surface area contributed by atoms with Crippen molar-refractivity contribution in [3.05, 3.63) is 120 Å². The number of rotatable bonds is 4. The zero-order valence-corrected chi connectivity index (χ0v) is 17.6. The van der Waals surface area contributed by atoms with Gasteiger partial charge in [-0.25, -0.2) is 4.39 Å². The number of halogens is 2. The third-order valence-electron chi connectivity index (χ3n) is 5.65. The Balaban J connectivity index is 1.72. The minimum atomic E-state index is -0.895. The molecule has 0 bridgehead atoms. The highest BCUT2D eigenvalue weighted by Gasteiger charge is 2.43. The van der Waals surface area contributed by atoms with Crippen molar-refractivity contribution in [3.63, 3.8) is 0 Å². The monoisotopic (exact) mass is 464 g/mol. The minimum Gasteiger partial charge on any atom is -0.450 e. The van der Waals surface area contributed by atoms with E-state index < -0.39 is 28.1 Å². The normalized spacial score (nSPS) is 15.2. The van der Waals surface area contributed by atoms with Crippen LogP contribution in [0.5, 0.6) is 0 Å². The summed E-state index contributed by atoms with van der Waals surface area (Å²) in [6.45, 7) is 0.0640. The van der Waals surface area contributed by atoms with Gasteiger partial charge < -0.3 is 9.32 Å². The number of benzene rings is 3. The van der Waals surface area contributed by atoms with Crippen LogP contribution in [-0.4, -0.2) is 15.7 Å². The number of nitro benzene ring substituents is 1. The summed E-state index contributed by atoms with van der Waals surface area (Å²) in [6, 6.07) is 15.2. The Morgan fingerprint density at radius 3 is 2.48 bits per heavy atom. The Kier molecular flexibility index (Phi) is 4.94. The maximum absolute atomic E-state index is 13.9. The molecule has 0 saturated carbocycles. The summed E-state index contributed by atoms with van der Waals surface area (Å²) < 4.78 is 19.6.